The monoisotopic (exact) mass is 242 g/mol. The van der Waals surface area contributed by atoms with Crippen molar-refractivity contribution in [2.24, 2.45) is 11.7 Å². The summed E-state index contributed by atoms with van der Waals surface area (Å²) in [6.07, 6.45) is 0. The molecule has 0 amide bonds. The first-order valence-electron chi connectivity index (χ1n) is 6.39. The molecule has 1 aliphatic rings. The quantitative estimate of drug-likeness (QED) is 0.827. The third-order valence-corrected chi connectivity index (χ3v) is 3.69. The van der Waals surface area contributed by atoms with Crippen molar-refractivity contribution in [1.82, 2.24) is 9.97 Å². The van der Waals surface area contributed by atoms with Crippen molar-refractivity contribution in [3.05, 3.63) is 30.0 Å². The molecule has 1 saturated heterocycles. The summed E-state index contributed by atoms with van der Waals surface area (Å²) in [6.45, 7) is 6.04. The number of nitrogens with zero attached hydrogens (tertiary/aromatic N) is 3. The Hall–Kier alpha value is -1.68. The molecule has 0 radical (unpaired) electrons. The highest BCUT2D eigenvalue weighted by atomic mass is 15.2. The average Bonchev–Trinajstić information content (AvgIpc) is 2.68. The first kappa shape index (κ1) is 11.4. The molecule has 3 rings (SSSR count). The van der Waals surface area contributed by atoms with E-state index in [0.717, 1.165) is 35.6 Å². The lowest BCUT2D eigenvalue weighted by atomic mass is 10.1. The summed E-state index contributed by atoms with van der Waals surface area (Å²) >= 11 is 0. The van der Waals surface area contributed by atoms with Gasteiger partial charge in [-0.1, -0.05) is 19.1 Å². The van der Waals surface area contributed by atoms with Crippen molar-refractivity contribution in [2.75, 3.05) is 18.0 Å². The van der Waals surface area contributed by atoms with Crippen LogP contribution in [0.15, 0.2) is 24.3 Å². The molecule has 0 bridgehead atoms. The highest BCUT2D eigenvalue weighted by Gasteiger charge is 2.28. The Morgan fingerprint density at radius 3 is 2.44 bits per heavy atom. The molecule has 0 saturated carbocycles. The number of rotatable bonds is 1. The second kappa shape index (κ2) is 4.21. The molecule has 4 heteroatoms. The van der Waals surface area contributed by atoms with Crippen molar-refractivity contribution < 1.29 is 0 Å². The predicted octanol–water partition coefficient (Wildman–Crippen LogP) is 1.72. The molecular formula is C14H18N4. The van der Waals surface area contributed by atoms with E-state index < -0.39 is 0 Å². The van der Waals surface area contributed by atoms with Gasteiger partial charge in [-0.25, -0.2) is 9.97 Å². The lowest BCUT2D eigenvalue weighted by Gasteiger charge is -2.19. The zero-order valence-corrected chi connectivity index (χ0v) is 10.8. The van der Waals surface area contributed by atoms with Gasteiger partial charge in [-0.2, -0.15) is 0 Å². The Bertz CT molecular complexity index is 571. The summed E-state index contributed by atoms with van der Waals surface area (Å²) in [5.74, 6) is 1.49. The standard InChI is InChI=1S/C14H18N4/c1-9-7-18(8-11(9)15)14-10(2)16-12-5-3-4-6-13(12)17-14/h3-6,9,11H,7-8,15H2,1-2H3. The van der Waals surface area contributed by atoms with Gasteiger partial charge >= 0.3 is 0 Å². The minimum Gasteiger partial charge on any atom is -0.353 e. The largest absolute Gasteiger partial charge is 0.353 e. The summed E-state index contributed by atoms with van der Waals surface area (Å²) < 4.78 is 0. The van der Waals surface area contributed by atoms with Crippen LogP contribution in [-0.4, -0.2) is 29.1 Å². The van der Waals surface area contributed by atoms with Crippen LogP contribution < -0.4 is 10.6 Å². The van der Waals surface area contributed by atoms with Crippen LogP contribution in [0.25, 0.3) is 11.0 Å². The number of aromatic nitrogens is 2. The molecular weight excluding hydrogens is 224 g/mol. The number of para-hydroxylation sites is 2. The minimum absolute atomic E-state index is 0.234. The van der Waals surface area contributed by atoms with E-state index in [-0.39, 0.29) is 6.04 Å². The van der Waals surface area contributed by atoms with Crippen LogP contribution in [0.5, 0.6) is 0 Å². The van der Waals surface area contributed by atoms with Crippen LogP contribution in [0.3, 0.4) is 0 Å². The topological polar surface area (TPSA) is 55.0 Å². The summed E-state index contributed by atoms with van der Waals surface area (Å²) in [6, 6.07) is 8.22. The molecule has 1 fully saturated rings. The first-order valence-corrected chi connectivity index (χ1v) is 6.39. The molecule has 0 aliphatic carbocycles. The molecule has 1 aromatic carbocycles. The third-order valence-electron chi connectivity index (χ3n) is 3.69. The lowest BCUT2D eigenvalue weighted by Crippen LogP contribution is -2.29. The normalized spacial score (nSPS) is 23.8. The second-order valence-corrected chi connectivity index (χ2v) is 5.17. The number of benzene rings is 1. The Kier molecular flexibility index (Phi) is 2.67. The summed E-state index contributed by atoms with van der Waals surface area (Å²) in [5, 5.41) is 0. The average molecular weight is 242 g/mol. The predicted molar refractivity (Wildman–Crippen MR) is 73.6 cm³/mol. The van der Waals surface area contributed by atoms with E-state index in [0.29, 0.717) is 5.92 Å². The number of nitrogens with two attached hydrogens (primary N) is 1. The lowest BCUT2D eigenvalue weighted by molar-refractivity contribution is 0.566. The van der Waals surface area contributed by atoms with Gasteiger partial charge in [0.1, 0.15) is 0 Å². The SMILES string of the molecule is Cc1nc2ccccc2nc1N1CC(C)C(N)C1. The number of anilines is 1. The van der Waals surface area contributed by atoms with E-state index in [2.05, 4.69) is 16.8 Å². The fourth-order valence-electron chi connectivity index (χ4n) is 2.54. The molecule has 2 unspecified atom stereocenters. The van der Waals surface area contributed by atoms with Gasteiger partial charge in [-0.3, -0.25) is 0 Å². The van der Waals surface area contributed by atoms with Gasteiger partial charge < -0.3 is 10.6 Å². The van der Waals surface area contributed by atoms with Crippen LogP contribution in [0.4, 0.5) is 5.82 Å². The van der Waals surface area contributed by atoms with Crippen LogP contribution in [0, 0.1) is 12.8 Å². The summed E-state index contributed by atoms with van der Waals surface area (Å²) in [4.78, 5) is 11.6. The zero-order valence-electron chi connectivity index (χ0n) is 10.8. The van der Waals surface area contributed by atoms with Crippen LogP contribution in [0.2, 0.25) is 0 Å². The van der Waals surface area contributed by atoms with Gasteiger partial charge in [0.05, 0.1) is 16.7 Å². The van der Waals surface area contributed by atoms with Crippen LogP contribution in [-0.2, 0) is 0 Å². The number of hydrogen-bond acceptors (Lipinski definition) is 4. The Labute approximate surface area is 107 Å². The maximum Gasteiger partial charge on any atom is 0.150 e. The number of fused-ring (bicyclic) bond motifs is 1. The van der Waals surface area contributed by atoms with E-state index in [9.17, 15) is 0 Å². The van der Waals surface area contributed by atoms with E-state index in [4.69, 9.17) is 10.7 Å². The third kappa shape index (κ3) is 1.82. The maximum absolute atomic E-state index is 6.08. The molecule has 0 spiro atoms. The molecule has 2 heterocycles. The van der Waals surface area contributed by atoms with Gasteiger partial charge in [0.15, 0.2) is 5.82 Å². The molecule has 4 nitrogen and oxygen atoms in total. The Morgan fingerprint density at radius 2 is 1.83 bits per heavy atom. The Balaban J connectivity index is 2.04. The van der Waals surface area contributed by atoms with Crippen molar-refractivity contribution >= 4 is 16.9 Å². The van der Waals surface area contributed by atoms with Crippen molar-refractivity contribution in [2.45, 2.75) is 19.9 Å². The fraction of sp³-hybridized carbons (Fsp3) is 0.429. The van der Waals surface area contributed by atoms with Crippen LogP contribution in [0.1, 0.15) is 12.6 Å². The van der Waals surface area contributed by atoms with E-state index in [1.165, 1.54) is 0 Å². The fourth-order valence-corrected chi connectivity index (χ4v) is 2.54. The van der Waals surface area contributed by atoms with E-state index >= 15 is 0 Å². The minimum atomic E-state index is 0.234. The summed E-state index contributed by atoms with van der Waals surface area (Å²) in [7, 11) is 0. The van der Waals surface area contributed by atoms with E-state index in [1.54, 1.807) is 0 Å². The first-order chi connectivity index (χ1) is 8.65. The number of hydrogen-bond donors (Lipinski definition) is 1. The smallest absolute Gasteiger partial charge is 0.150 e. The molecule has 1 aromatic heterocycles. The van der Waals surface area contributed by atoms with Crippen molar-refractivity contribution in [3.63, 3.8) is 0 Å². The molecule has 18 heavy (non-hydrogen) atoms. The van der Waals surface area contributed by atoms with Gasteiger partial charge in [0.25, 0.3) is 0 Å². The molecule has 1 aliphatic heterocycles. The highest BCUT2D eigenvalue weighted by Crippen LogP contribution is 2.25. The van der Waals surface area contributed by atoms with Crippen molar-refractivity contribution in [1.29, 1.82) is 0 Å². The summed E-state index contributed by atoms with van der Waals surface area (Å²) in [5.41, 5.74) is 8.96. The van der Waals surface area contributed by atoms with Gasteiger partial charge in [0.2, 0.25) is 0 Å². The second-order valence-electron chi connectivity index (χ2n) is 5.17. The van der Waals surface area contributed by atoms with Gasteiger partial charge in [0, 0.05) is 19.1 Å². The molecule has 94 valence electrons. The van der Waals surface area contributed by atoms with Crippen LogP contribution >= 0.6 is 0 Å². The molecule has 2 N–H and O–H groups in total. The highest BCUT2D eigenvalue weighted by molar-refractivity contribution is 5.76. The Morgan fingerprint density at radius 1 is 1.17 bits per heavy atom. The molecule has 2 aromatic rings. The van der Waals surface area contributed by atoms with Gasteiger partial charge in [-0.05, 0) is 25.0 Å². The molecule has 2 atom stereocenters. The number of aryl methyl sites for hydroxylation is 1. The van der Waals surface area contributed by atoms with E-state index in [1.807, 2.05) is 31.2 Å². The zero-order chi connectivity index (χ0) is 12.7. The maximum atomic E-state index is 6.08. The van der Waals surface area contributed by atoms with Crippen molar-refractivity contribution in [3.8, 4) is 0 Å². The van der Waals surface area contributed by atoms with Gasteiger partial charge in [-0.15, -0.1) is 0 Å².